The van der Waals surface area contributed by atoms with Gasteiger partial charge in [-0.3, -0.25) is 4.79 Å². The van der Waals surface area contributed by atoms with E-state index in [1.165, 1.54) is 40.7 Å². The van der Waals surface area contributed by atoms with E-state index in [-0.39, 0.29) is 16.1 Å². The van der Waals surface area contributed by atoms with E-state index in [0.717, 1.165) is 11.1 Å². The molecule has 4 rings (SSSR count). The van der Waals surface area contributed by atoms with Crippen LogP contribution < -0.4 is 5.32 Å². The molecule has 1 heterocycles. The number of carbonyl (C=O) groups excluding carboxylic acids is 1. The predicted molar refractivity (Wildman–Crippen MR) is 116 cm³/mol. The maximum atomic E-state index is 13.9. The zero-order chi connectivity index (χ0) is 21.3. The highest BCUT2D eigenvalue weighted by Crippen LogP contribution is 2.25. The molecule has 0 atom stereocenters. The summed E-state index contributed by atoms with van der Waals surface area (Å²) in [6.07, 6.45) is 0.661. The van der Waals surface area contributed by atoms with Crippen LogP contribution in [0.15, 0.2) is 76.1 Å². The third-order valence-corrected chi connectivity index (χ3v) is 7.38. The predicted octanol–water partition coefficient (Wildman–Crippen LogP) is 4.59. The van der Waals surface area contributed by atoms with Gasteiger partial charge in [-0.25, -0.2) is 12.8 Å². The monoisotopic (exact) mass is 488 g/mol. The van der Waals surface area contributed by atoms with Crippen molar-refractivity contribution in [2.45, 2.75) is 17.9 Å². The molecule has 0 unspecified atom stereocenters. The van der Waals surface area contributed by atoms with Crippen molar-refractivity contribution in [2.24, 2.45) is 0 Å². The fourth-order valence-electron chi connectivity index (χ4n) is 3.39. The molecule has 1 aliphatic rings. The van der Waals surface area contributed by atoms with Crippen molar-refractivity contribution in [1.82, 2.24) is 4.31 Å². The number of fused-ring (bicyclic) bond motifs is 1. The first-order valence-electron chi connectivity index (χ1n) is 9.28. The lowest BCUT2D eigenvalue weighted by Gasteiger charge is -2.28. The van der Waals surface area contributed by atoms with Crippen LogP contribution in [0.25, 0.3) is 0 Å². The summed E-state index contributed by atoms with van der Waals surface area (Å²) in [6, 6.07) is 17.8. The topological polar surface area (TPSA) is 66.5 Å². The van der Waals surface area contributed by atoms with Crippen LogP contribution in [0.2, 0.25) is 0 Å². The van der Waals surface area contributed by atoms with Gasteiger partial charge in [-0.15, -0.1) is 0 Å². The van der Waals surface area contributed by atoms with Crippen LogP contribution in [-0.2, 0) is 23.0 Å². The first-order valence-corrected chi connectivity index (χ1v) is 11.5. The smallest absolute Gasteiger partial charge is 0.255 e. The molecule has 0 fully saturated rings. The van der Waals surface area contributed by atoms with Crippen molar-refractivity contribution >= 4 is 37.5 Å². The molecule has 154 valence electrons. The lowest BCUT2D eigenvalue weighted by atomic mass is 10.0. The first kappa shape index (κ1) is 20.7. The lowest BCUT2D eigenvalue weighted by molar-refractivity contribution is 0.102. The maximum Gasteiger partial charge on any atom is 0.255 e. The molecule has 0 aromatic heterocycles. The molecule has 8 heteroatoms. The number of halogens is 2. The van der Waals surface area contributed by atoms with Gasteiger partial charge in [0.05, 0.1) is 10.6 Å². The molecule has 0 bridgehead atoms. The number of hydrogen-bond acceptors (Lipinski definition) is 3. The molecule has 3 aromatic rings. The van der Waals surface area contributed by atoms with Crippen LogP contribution in [0.5, 0.6) is 0 Å². The Bertz CT molecular complexity index is 1210. The van der Waals surface area contributed by atoms with Crippen molar-refractivity contribution in [1.29, 1.82) is 0 Å². The van der Waals surface area contributed by atoms with Crippen LogP contribution in [-0.4, -0.2) is 25.2 Å². The van der Waals surface area contributed by atoms with Crippen LogP contribution in [0.3, 0.4) is 0 Å². The minimum atomic E-state index is -3.68. The van der Waals surface area contributed by atoms with Crippen molar-refractivity contribution in [3.8, 4) is 0 Å². The second-order valence-electron chi connectivity index (χ2n) is 6.96. The van der Waals surface area contributed by atoms with Crippen LogP contribution in [0, 0.1) is 5.82 Å². The van der Waals surface area contributed by atoms with Gasteiger partial charge in [0.2, 0.25) is 10.0 Å². The number of anilines is 1. The summed E-state index contributed by atoms with van der Waals surface area (Å²) < 4.78 is 42.0. The molecule has 0 spiro atoms. The molecule has 0 aliphatic carbocycles. The van der Waals surface area contributed by atoms with Crippen LogP contribution >= 0.6 is 15.9 Å². The summed E-state index contributed by atoms with van der Waals surface area (Å²) in [5, 5.41) is 2.49. The number of carbonyl (C=O) groups is 1. The summed E-state index contributed by atoms with van der Waals surface area (Å²) in [4.78, 5) is 12.5. The van der Waals surface area contributed by atoms with Crippen molar-refractivity contribution < 1.29 is 17.6 Å². The standard InChI is InChI=1S/C22H18BrFN2O3S/c23-18-7-10-21(20(24)13-18)25-22(27)16-5-8-19(9-6-16)30(28,29)26-12-11-15-3-1-2-4-17(15)14-26/h1-10,13H,11-12,14H2,(H,25,27). The Morgan fingerprint density at radius 3 is 2.40 bits per heavy atom. The van der Waals surface area contributed by atoms with Gasteiger partial charge in [-0.05, 0) is 60.0 Å². The van der Waals surface area contributed by atoms with Crippen molar-refractivity contribution in [3.05, 3.63) is 93.7 Å². The van der Waals surface area contributed by atoms with Gasteiger partial charge in [0, 0.05) is 23.1 Å². The Hall–Kier alpha value is -2.55. The summed E-state index contributed by atoms with van der Waals surface area (Å²) >= 11 is 3.16. The number of benzene rings is 3. The van der Waals surface area contributed by atoms with Gasteiger partial charge in [0.1, 0.15) is 5.82 Å². The average Bonchev–Trinajstić information content (AvgIpc) is 2.75. The first-order chi connectivity index (χ1) is 14.3. The van der Waals surface area contributed by atoms with E-state index in [9.17, 15) is 17.6 Å². The largest absolute Gasteiger partial charge is 0.319 e. The maximum absolute atomic E-state index is 13.9. The van der Waals surface area contributed by atoms with Gasteiger partial charge in [-0.1, -0.05) is 40.2 Å². The number of nitrogens with one attached hydrogen (secondary N) is 1. The molecule has 1 N–H and O–H groups in total. The molecule has 0 radical (unpaired) electrons. The summed E-state index contributed by atoms with van der Waals surface area (Å²) in [6.45, 7) is 0.730. The Balaban J connectivity index is 1.51. The molecule has 1 amide bonds. The SMILES string of the molecule is O=C(Nc1ccc(Br)cc1F)c1ccc(S(=O)(=O)N2CCc3ccccc3C2)cc1. The summed E-state index contributed by atoms with van der Waals surface area (Å²) in [7, 11) is -3.68. The minimum Gasteiger partial charge on any atom is -0.319 e. The highest BCUT2D eigenvalue weighted by atomic mass is 79.9. The zero-order valence-electron chi connectivity index (χ0n) is 15.8. The minimum absolute atomic E-state index is 0.0480. The molecule has 5 nitrogen and oxygen atoms in total. The van der Waals surface area contributed by atoms with E-state index in [4.69, 9.17) is 0 Å². The van der Waals surface area contributed by atoms with Crippen molar-refractivity contribution in [3.63, 3.8) is 0 Å². The van der Waals surface area contributed by atoms with E-state index >= 15 is 0 Å². The van der Waals surface area contributed by atoms with Gasteiger partial charge in [0.25, 0.3) is 5.91 Å². The van der Waals surface area contributed by atoms with E-state index in [1.807, 2.05) is 24.3 Å². The number of amides is 1. The number of sulfonamides is 1. The molecule has 1 aliphatic heterocycles. The lowest BCUT2D eigenvalue weighted by Crippen LogP contribution is -2.35. The highest BCUT2D eigenvalue weighted by molar-refractivity contribution is 9.10. The second-order valence-corrected chi connectivity index (χ2v) is 9.81. The quantitative estimate of drug-likeness (QED) is 0.583. The third kappa shape index (κ3) is 4.16. The average molecular weight is 489 g/mol. The second kappa shape index (κ2) is 8.29. The zero-order valence-corrected chi connectivity index (χ0v) is 18.2. The van der Waals surface area contributed by atoms with E-state index in [0.29, 0.717) is 24.0 Å². The fourth-order valence-corrected chi connectivity index (χ4v) is 5.14. The third-order valence-electron chi connectivity index (χ3n) is 5.03. The van der Waals surface area contributed by atoms with E-state index < -0.39 is 21.7 Å². The number of rotatable bonds is 4. The molecule has 3 aromatic carbocycles. The molecular weight excluding hydrogens is 471 g/mol. The van der Waals surface area contributed by atoms with Gasteiger partial charge in [0.15, 0.2) is 0 Å². The molecule has 0 saturated heterocycles. The van der Waals surface area contributed by atoms with Crippen LogP contribution in [0.1, 0.15) is 21.5 Å². The fraction of sp³-hybridized carbons (Fsp3) is 0.136. The highest BCUT2D eigenvalue weighted by Gasteiger charge is 2.28. The number of nitrogens with zero attached hydrogens (tertiary/aromatic N) is 1. The van der Waals surface area contributed by atoms with E-state index in [2.05, 4.69) is 21.2 Å². The van der Waals surface area contributed by atoms with Crippen molar-refractivity contribution in [2.75, 3.05) is 11.9 Å². The number of hydrogen-bond donors (Lipinski definition) is 1. The van der Waals surface area contributed by atoms with Crippen LogP contribution in [0.4, 0.5) is 10.1 Å². The summed E-state index contributed by atoms with van der Waals surface area (Å²) in [5.41, 5.74) is 2.45. The normalized spacial score (nSPS) is 14.2. The van der Waals surface area contributed by atoms with Gasteiger partial charge < -0.3 is 5.32 Å². The Kier molecular flexibility index (Phi) is 5.73. The summed E-state index contributed by atoms with van der Waals surface area (Å²) in [5.74, 6) is -1.09. The van der Waals surface area contributed by atoms with E-state index in [1.54, 1.807) is 6.07 Å². The molecule has 0 saturated carbocycles. The Morgan fingerprint density at radius 1 is 1.00 bits per heavy atom. The van der Waals surface area contributed by atoms with Gasteiger partial charge in [-0.2, -0.15) is 4.31 Å². The Labute approximate surface area is 182 Å². The Morgan fingerprint density at radius 2 is 1.70 bits per heavy atom. The molecule has 30 heavy (non-hydrogen) atoms. The molecular formula is C22H18BrFN2O3S. The van der Waals surface area contributed by atoms with Gasteiger partial charge >= 0.3 is 0 Å².